The minimum atomic E-state index is -3.82. The highest BCUT2D eigenvalue weighted by Gasteiger charge is 2.19. The van der Waals surface area contributed by atoms with Crippen molar-refractivity contribution in [2.45, 2.75) is 17.9 Å². The molecule has 7 heteroatoms. The van der Waals surface area contributed by atoms with Crippen LogP contribution in [0.3, 0.4) is 0 Å². The molecule has 0 unspecified atom stereocenters. The molecule has 24 heavy (non-hydrogen) atoms. The standard InChI is InChI=1S/C17H18FNO4S/c1-12(20)13-5-4-8-16(10-13)24(21,22)19-11-17(23-2)14-6-3-7-15(18)9-14/h3-10,17,19H,11H2,1-2H3/t17-/m1/s1. The molecule has 0 aromatic heterocycles. The molecule has 1 N–H and O–H groups in total. The fourth-order valence-electron chi connectivity index (χ4n) is 2.20. The number of benzene rings is 2. The van der Waals surface area contributed by atoms with Crippen molar-refractivity contribution < 1.29 is 22.3 Å². The first kappa shape index (κ1) is 18.3. The molecule has 0 spiro atoms. The molecule has 2 aromatic rings. The Morgan fingerprint density at radius 3 is 2.54 bits per heavy atom. The Morgan fingerprint density at radius 2 is 1.92 bits per heavy atom. The summed E-state index contributed by atoms with van der Waals surface area (Å²) in [5.74, 6) is -0.645. The van der Waals surface area contributed by atoms with Gasteiger partial charge in [0.15, 0.2) is 5.78 Å². The zero-order chi connectivity index (χ0) is 17.7. The molecule has 1 atom stereocenters. The summed E-state index contributed by atoms with van der Waals surface area (Å²) in [6.45, 7) is 1.30. The minimum absolute atomic E-state index is 0.00991. The zero-order valence-corrected chi connectivity index (χ0v) is 14.1. The number of hydrogen-bond donors (Lipinski definition) is 1. The number of methoxy groups -OCH3 is 1. The number of hydrogen-bond acceptors (Lipinski definition) is 4. The molecule has 2 rings (SSSR count). The predicted octanol–water partition coefficient (Wildman–Crippen LogP) is 2.69. The smallest absolute Gasteiger partial charge is 0.240 e. The third-order valence-electron chi connectivity index (χ3n) is 3.51. The molecule has 5 nitrogen and oxygen atoms in total. The Morgan fingerprint density at radius 1 is 1.21 bits per heavy atom. The zero-order valence-electron chi connectivity index (χ0n) is 13.3. The van der Waals surface area contributed by atoms with Gasteiger partial charge in [0.1, 0.15) is 5.82 Å². The highest BCUT2D eigenvalue weighted by Crippen LogP contribution is 2.18. The van der Waals surface area contributed by atoms with Gasteiger partial charge in [0, 0.05) is 19.2 Å². The van der Waals surface area contributed by atoms with Gasteiger partial charge in [-0.05, 0) is 36.8 Å². The monoisotopic (exact) mass is 351 g/mol. The van der Waals surface area contributed by atoms with Crippen LogP contribution < -0.4 is 4.72 Å². The summed E-state index contributed by atoms with van der Waals surface area (Å²) in [5.41, 5.74) is 0.837. The number of carbonyl (C=O) groups is 1. The molecule has 0 saturated heterocycles. The lowest BCUT2D eigenvalue weighted by Gasteiger charge is -2.17. The molecular weight excluding hydrogens is 333 g/mol. The first-order chi connectivity index (χ1) is 11.3. The highest BCUT2D eigenvalue weighted by molar-refractivity contribution is 7.89. The van der Waals surface area contributed by atoms with Crippen LogP contribution in [0.4, 0.5) is 4.39 Å². The van der Waals surface area contributed by atoms with Crippen LogP contribution in [0.5, 0.6) is 0 Å². The number of halogens is 1. The van der Waals surface area contributed by atoms with Crippen molar-refractivity contribution in [2.75, 3.05) is 13.7 Å². The van der Waals surface area contributed by atoms with E-state index in [0.29, 0.717) is 11.1 Å². The maximum atomic E-state index is 13.3. The molecule has 0 saturated carbocycles. The van der Waals surface area contributed by atoms with Crippen molar-refractivity contribution in [2.24, 2.45) is 0 Å². The van der Waals surface area contributed by atoms with Gasteiger partial charge in [-0.1, -0.05) is 24.3 Å². The fraction of sp³-hybridized carbons (Fsp3) is 0.235. The molecular formula is C17H18FNO4S. The van der Waals surface area contributed by atoms with Crippen LogP contribution in [0, 0.1) is 5.82 Å². The molecule has 0 aliphatic heterocycles. The van der Waals surface area contributed by atoms with Gasteiger partial charge >= 0.3 is 0 Å². The van der Waals surface area contributed by atoms with Gasteiger partial charge < -0.3 is 4.74 Å². The van der Waals surface area contributed by atoms with E-state index in [1.54, 1.807) is 12.1 Å². The van der Waals surface area contributed by atoms with E-state index in [1.165, 1.54) is 50.4 Å². The second-order valence-electron chi connectivity index (χ2n) is 5.22. The summed E-state index contributed by atoms with van der Waals surface area (Å²) in [5, 5.41) is 0. The lowest BCUT2D eigenvalue weighted by molar-refractivity contribution is 0.101. The van der Waals surface area contributed by atoms with Gasteiger partial charge in [-0.3, -0.25) is 4.79 Å². The van der Waals surface area contributed by atoms with E-state index in [0.717, 1.165) is 0 Å². The Balaban J connectivity index is 2.17. The lowest BCUT2D eigenvalue weighted by Crippen LogP contribution is -2.29. The Labute approximate surface area is 140 Å². The maximum Gasteiger partial charge on any atom is 0.240 e. The van der Waals surface area contributed by atoms with Crippen LogP contribution in [0.25, 0.3) is 0 Å². The van der Waals surface area contributed by atoms with Gasteiger partial charge in [-0.2, -0.15) is 0 Å². The predicted molar refractivity (Wildman–Crippen MR) is 87.8 cm³/mol. The number of sulfonamides is 1. The third kappa shape index (κ3) is 4.47. The molecule has 0 bridgehead atoms. The third-order valence-corrected chi connectivity index (χ3v) is 4.94. The van der Waals surface area contributed by atoms with E-state index in [9.17, 15) is 17.6 Å². The van der Waals surface area contributed by atoms with E-state index in [1.807, 2.05) is 0 Å². The summed E-state index contributed by atoms with van der Waals surface area (Å²) >= 11 is 0. The first-order valence-corrected chi connectivity index (χ1v) is 8.71. The quantitative estimate of drug-likeness (QED) is 0.779. The average Bonchev–Trinajstić information content (AvgIpc) is 2.55. The van der Waals surface area contributed by atoms with Crippen LogP contribution in [0.2, 0.25) is 0 Å². The minimum Gasteiger partial charge on any atom is -0.375 e. The number of carbonyl (C=O) groups excluding carboxylic acids is 1. The SMILES string of the molecule is CO[C@H](CNS(=O)(=O)c1cccc(C(C)=O)c1)c1cccc(F)c1. The Kier molecular flexibility index (Phi) is 5.82. The number of Topliss-reactive ketones (excluding diaryl/α,β-unsaturated/α-hetero) is 1. The van der Waals surface area contributed by atoms with Crippen molar-refractivity contribution in [3.63, 3.8) is 0 Å². The molecule has 0 heterocycles. The van der Waals surface area contributed by atoms with Gasteiger partial charge in [-0.25, -0.2) is 17.5 Å². The van der Waals surface area contributed by atoms with Crippen molar-refractivity contribution in [1.82, 2.24) is 4.72 Å². The van der Waals surface area contributed by atoms with Crippen LogP contribution in [-0.4, -0.2) is 27.9 Å². The first-order valence-electron chi connectivity index (χ1n) is 7.22. The molecule has 0 aliphatic rings. The highest BCUT2D eigenvalue weighted by atomic mass is 32.2. The Hall–Kier alpha value is -2.09. The molecule has 0 radical (unpaired) electrons. The van der Waals surface area contributed by atoms with Crippen molar-refractivity contribution in [3.05, 3.63) is 65.5 Å². The van der Waals surface area contributed by atoms with Gasteiger partial charge in [0.25, 0.3) is 0 Å². The van der Waals surface area contributed by atoms with Crippen molar-refractivity contribution in [1.29, 1.82) is 0 Å². The van der Waals surface area contributed by atoms with E-state index in [4.69, 9.17) is 4.74 Å². The van der Waals surface area contributed by atoms with Gasteiger partial charge in [-0.15, -0.1) is 0 Å². The molecule has 0 fully saturated rings. The summed E-state index contributed by atoms with van der Waals surface area (Å²) in [4.78, 5) is 11.4. The number of rotatable bonds is 7. The molecule has 0 amide bonds. The summed E-state index contributed by atoms with van der Waals surface area (Å²) < 4.78 is 45.7. The summed E-state index contributed by atoms with van der Waals surface area (Å²) in [6, 6.07) is 11.5. The van der Waals surface area contributed by atoms with E-state index >= 15 is 0 Å². The molecule has 0 aliphatic carbocycles. The number of ether oxygens (including phenoxy) is 1. The lowest BCUT2D eigenvalue weighted by atomic mass is 10.1. The number of ketones is 1. The van der Waals surface area contributed by atoms with Gasteiger partial charge in [0.05, 0.1) is 11.0 Å². The fourth-order valence-corrected chi connectivity index (χ4v) is 3.27. The molecule has 128 valence electrons. The van der Waals surface area contributed by atoms with E-state index < -0.39 is 21.9 Å². The van der Waals surface area contributed by atoms with Crippen LogP contribution >= 0.6 is 0 Å². The Bertz CT molecular complexity index is 836. The second kappa shape index (κ2) is 7.65. The van der Waals surface area contributed by atoms with Crippen LogP contribution in [0.1, 0.15) is 28.9 Å². The van der Waals surface area contributed by atoms with E-state index in [-0.39, 0.29) is 17.2 Å². The van der Waals surface area contributed by atoms with Gasteiger partial charge in [0.2, 0.25) is 10.0 Å². The topological polar surface area (TPSA) is 72.5 Å². The largest absolute Gasteiger partial charge is 0.375 e. The maximum absolute atomic E-state index is 13.3. The number of nitrogens with one attached hydrogen (secondary N) is 1. The van der Waals surface area contributed by atoms with Crippen LogP contribution in [-0.2, 0) is 14.8 Å². The normalized spacial score (nSPS) is 12.8. The molecule has 2 aromatic carbocycles. The summed E-state index contributed by atoms with van der Waals surface area (Å²) in [7, 11) is -2.40. The van der Waals surface area contributed by atoms with Crippen LogP contribution in [0.15, 0.2) is 53.4 Å². The van der Waals surface area contributed by atoms with Crippen molar-refractivity contribution in [3.8, 4) is 0 Å². The van der Waals surface area contributed by atoms with E-state index in [2.05, 4.69) is 4.72 Å². The second-order valence-corrected chi connectivity index (χ2v) is 6.98. The summed E-state index contributed by atoms with van der Waals surface area (Å²) in [6.07, 6.45) is -0.633. The van der Waals surface area contributed by atoms with Crippen molar-refractivity contribution >= 4 is 15.8 Å². The average molecular weight is 351 g/mol.